The molecule has 0 unspecified atom stereocenters. The minimum Gasteiger partial charge on any atom is -0.143 e. The van der Waals surface area contributed by atoms with Gasteiger partial charge in [-0.1, -0.05) is 6.07 Å². The molecule has 0 aliphatic rings. The molecule has 2 heteroatoms. The summed E-state index contributed by atoms with van der Waals surface area (Å²) in [5, 5.41) is 4.89. The van der Waals surface area contributed by atoms with E-state index in [-0.39, 0.29) is 29.6 Å². The van der Waals surface area contributed by atoms with Gasteiger partial charge in [0, 0.05) is 5.38 Å². The summed E-state index contributed by atoms with van der Waals surface area (Å²) >= 11 is 1.59. The van der Waals surface area contributed by atoms with Gasteiger partial charge in [0.05, 0.1) is 0 Å². The Labute approximate surface area is 63.5 Å². The van der Waals surface area contributed by atoms with E-state index in [9.17, 15) is 0 Å². The normalized spacial score (nSPS) is 6.67. The Hall–Kier alpha value is 0.700. The van der Waals surface area contributed by atoms with Gasteiger partial charge in [-0.15, -0.1) is 11.3 Å². The quantitative estimate of drug-likeness (QED) is 0.432. The van der Waals surface area contributed by atoms with E-state index in [4.69, 9.17) is 0 Å². The second-order valence-corrected chi connectivity index (χ2v) is 1.47. The Morgan fingerprint density at radius 1 is 1.50 bits per heavy atom. The van der Waals surface area contributed by atoms with Crippen LogP contribution in [0.4, 0.5) is 0 Å². The second-order valence-electron chi connectivity index (χ2n) is 0.731. The SMILES string of the molecule is [NaH].[c]1cccs1. The molecule has 6 heavy (non-hydrogen) atoms. The Balaban J connectivity index is 0.000000250. The van der Waals surface area contributed by atoms with Crippen LogP contribution >= 0.6 is 11.3 Å². The summed E-state index contributed by atoms with van der Waals surface area (Å²) in [6.45, 7) is 0. The zero-order valence-electron chi connectivity index (χ0n) is 2.64. The van der Waals surface area contributed by atoms with E-state index in [2.05, 4.69) is 5.38 Å². The Kier molecular flexibility index (Phi) is 4.33. The standard InChI is InChI=1S/C4H3S.Na.H/c1-2-4-5-3-1;;/h1-3H;;. The summed E-state index contributed by atoms with van der Waals surface area (Å²) in [5.41, 5.74) is 0. The van der Waals surface area contributed by atoms with Crippen molar-refractivity contribution in [3.05, 3.63) is 22.9 Å². The van der Waals surface area contributed by atoms with Gasteiger partial charge in [-0.3, -0.25) is 0 Å². The van der Waals surface area contributed by atoms with Crippen molar-refractivity contribution in [2.75, 3.05) is 0 Å². The Bertz CT molecular complexity index is 64.0. The molecule has 0 aliphatic carbocycles. The molecule has 0 saturated heterocycles. The van der Waals surface area contributed by atoms with Crippen molar-refractivity contribution >= 4 is 40.9 Å². The van der Waals surface area contributed by atoms with E-state index < -0.39 is 0 Å². The average Bonchev–Trinajstić information content (AvgIpc) is 1.76. The van der Waals surface area contributed by atoms with Crippen LogP contribution in [0.1, 0.15) is 0 Å². The zero-order valence-corrected chi connectivity index (χ0v) is 3.46. The molecule has 0 aromatic carbocycles. The third kappa shape index (κ3) is 1.98. The topological polar surface area (TPSA) is 0 Å². The van der Waals surface area contributed by atoms with Gasteiger partial charge in [0.25, 0.3) is 0 Å². The molecule has 1 heterocycles. The van der Waals surface area contributed by atoms with Crippen LogP contribution in [0.5, 0.6) is 0 Å². The van der Waals surface area contributed by atoms with Crippen LogP contribution in [0.15, 0.2) is 17.5 Å². The van der Waals surface area contributed by atoms with Crippen molar-refractivity contribution in [3.63, 3.8) is 0 Å². The first-order chi connectivity index (χ1) is 2.50. The fraction of sp³-hybridized carbons (Fsp3) is 0. The second kappa shape index (κ2) is 3.88. The van der Waals surface area contributed by atoms with Crippen LogP contribution in [-0.2, 0) is 0 Å². The smallest absolute Gasteiger partial charge is 0.0442 e. The maximum atomic E-state index is 2.90. The van der Waals surface area contributed by atoms with Crippen LogP contribution in [0.3, 0.4) is 0 Å². The monoisotopic (exact) mass is 107 g/mol. The maximum Gasteiger partial charge on any atom is 0.0442 e. The molecular weight excluding hydrogens is 103 g/mol. The van der Waals surface area contributed by atoms with Crippen molar-refractivity contribution < 1.29 is 0 Å². The van der Waals surface area contributed by atoms with Crippen molar-refractivity contribution in [1.82, 2.24) is 0 Å². The van der Waals surface area contributed by atoms with Crippen molar-refractivity contribution in [2.45, 2.75) is 0 Å². The first kappa shape index (κ1) is 6.70. The molecule has 27 valence electrons. The van der Waals surface area contributed by atoms with Crippen molar-refractivity contribution in [3.8, 4) is 0 Å². The summed E-state index contributed by atoms with van der Waals surface area (Å²) in [6, 6.07) is 3.86. The largest absolute Gasteiger partial charge is 0.143 e. The molecule has 0 atom stereocenters. The predicted molar refractivity (Wildman–Crippen MR) is 30.3 cm³/mol. The molecule has 1 rings (SSSR count). The fourth-order valence-electron chi connectivity index (χ4n) is 0.196. The summed E-state index contributed by atoms with van der Waals surface area (Å²) in [7, 11) is 0. The van der Waals surface area contributed by atoms with Crippen LogP contribution < -0.4 is 0 Å². The van der Waals surface area contributed by atoms with Crippen molar-refractivity contribution in [2.24, 2.45) is 0 Å². The molecule has 1 aromatic rings. The molecule has 1 aromatic heterocycles. The van der Waals surface area contributed by atoms with Gasteiger partial charge in [-0.25, -0.2) is 0 Å². The maximum absolute atomic E-state index is 2.90. The number of rotatable bonds is 0. The molecule has 0 saturated carbocycles. The van der Waals surface area contributed by atoms with Gasteiger partial charge >= 0.3 is 29.6 Å². The van der Waals surface area contributed by atoms with Crippen LogP contribution in [0.2, 0.25) is 0 Å². The minimum atomic E-state index is 0. The Morgan fingerprint density at radius 3 is 2.50 bits per heavy atom. The fourth-order valence-corrected chi connectivity index (χ4v) is 0.589. The van der Waals surface area contributed by atoms with Gasteiger partial charge in [0.1, 0.15) is 0 Å². The van der Waals surface area contributed by atoms with Crippen LogP contribution in [0, 0.1) is 5.38 Å². The predicted octanol–water partition coefficient (Wildman–Crippen LogP) is 0.900. The number of thiophene rings is 1. The molecular formula is C4H4NaS. The van der Waals surface area contributed by atoms with Crippen molar-refractivity contribution in [1.29, 1.82) is 0 Å². The summed E-state index contributed by atoms with van der Waals surface area (Å²) < 4.78 is 0. The number of hydrogen-bond acceptors (Lipinski definition) is 1. The zero-order chi connectivity index (χ0) is 3.54. The number of hydrogen-bond donors (Lipinski definition) is 0. The average molecular weight is 107 g/mol. The third-order valence-corrected chi connectivity index (χ3v) is 0.944. The summed E-state index contributed by atoms with van der Waals surface area (Å²) in [5.74, 6) is 0. The van der Waals surface area contributed by atoms with Gasteiger partial charge in [0.2, 0.25) is 0 Å². The van der Waals surface area contributed by atoms with Gasteiger partial charge in [0.15, 0.2) is 0 Å². The van der Waals surface area contributed by atoms with E-state index in [0.717, 1.165) is 0 Å². The molecule has 0 aliphatic heterocycles. The van der Waals surface area contributed by atoms with Gasteiger partial charge < -0.3 is 0 Å². The van der Waals surface area contributed by atoms with E-state index in [1.165, 1.54) is 0 Å². The third-order valence-electron chi connectivity index (χ3n) is 0.379. The Morgan fingerprint density at radius 2 is 2.33 bits per heavy atom. The van der Waals surface area contributed by atoms with E-state index >= 15 is 0 Å². The molecule has 0 nitrogen and oxygen atoms in total. The van der Waals surface area contributed by atoms with Gasteiger partial charge in [-0.05, 0) is 11.4 Å². The summed E-state index contributed by atoms with van der Waals surface area (Å²) in [6.07, 6.45) is 0. The van der Waals surface area contributed by atoms with Gasteiger partial charge in [-0.2, -0.15) is 0 Å². The molecule has 0 spiro atoms. The summed E-state index contributed by atoms with van der Waals surface area (Å²) in [4.78, 5) is 0. The molecule has 1 radical (unpaired) electrons. The van der Waals surface area contributed by atoms with E-state index in [1.807, 2.05) is 17.5 Å². The van der Waals surface area contributed by atoms with Crippen LogP contribution in [0.25, 0.3) is 0 Å². The molecule has 0 N–H and O–H groups in total. The minimum absolute atomic E-state index is 0. The van der Waals surface area contributed by atoms with E-state index in [1.54, 1.807) is 11.3 Å². The van der Waals surface area contributed by atoms with Crippen LogP contribution in [-0.4, -0.2) is 29.6 Å². The molecule has 0 amide bonds. The molecule has 0 fully saturated rings. The molecule has 0 bridgehead atoms. The first-order valence-corrected chi connectivity index (χ1v) is 2.27. The first-order valence-electron chi connectivity index (χ1n) is 1.40. The van der Waals surface area contributed by atoms with E-state index in [0.29, 0.717) is 0 Å².